The zero-order valence-corrected chi connectivity index (χ0v) is 6.46. The lowest BCUT2D eigenvalue weighted by molar-refractivity contribution is 0.746. The second kappa shape index (κ2) is 2.69. The predicted molar refractivity (Wildman–Crippen MR) is 42.7 cm³/mol. The first-order valence-electron chi connectivity index (χ1n) is 3.43. The number of hydrogen-bond donors (Lipinski definition) is 0. The molecule has 0 fully saturated rings. The largest absolute Gasteiger partial charge is 0.275 e. The maximum Gasteiger partial charge on any atom is 0.0693 e. The summed E-state index contributed by atoms with van der Waals surface area (Å²) in [6.07, 6.45) is 4.79. The third kappa shape index (κ3) is 1.10. The van der Waals surface area contributed by atoms with Crippen molar-refractivity contribution in [3.8, 4) is 0 Å². The third-order valence-electron chi connectivity index (χ3n) is 1.49. The van der Waals surface area contributed by atoms with Gasteiger partial charge in [0.2, 0.25) is 0 Å². The fourth-order valence-electron chi connectivity index (χ4n) is 0.998. The molecule has 0 saturated heterocycles. The van der Waals surface area contributed by atoms with Crippen molar-refractivity contribution in [1.29, 1.82) is 0 Å². The van der Waals surface area contributed by atoms with Gasteiger partial charge in [0, 0.05) is 18.8 Å². The van der Waals surface area contributed by atoms with Crippen LogP contribution >= 0.6 is 0 Å². The molecule has 0 bridgehead atoms. The summed E-state index contributed by atoms with van der Waals surface area (Å²) in [5, 5.41) is 4.25. The summed E-state index contributed by atoms with van der Waals surface area (Å²) in [6.45, 7) is 5.79. The van der Waals surface area contributed by atoms with E-state index in [2.05, 4.69) is 18.6 Å². The van der Waals surface area contributed by atoms with Crippen molar-refractivity contribution < 1.29 is 0 Å². The van der Waals surface area contributed by atoms with E-state index < -0.39 is 0 Å². The zero-order valence-electron chi connectivity index (χ0n) is 6.46. The lowest BCUT2D eigenvalue weighted by Crippen LogP contribution is -1.88. The summed E-state index contributed by atoms with van der Waals surface area (Å²) in [5.41, 5.74) is 2.27. The quantitative estimate of drug-likeness (QED) is 0.604. The molecule has 1 heterocycles. The van der Waals surface area contributed by atoms with Crippen LogP contribution in [0.5, 0.6) is 0 Å². The molecule has 0 radical (unpaired) electrons. The Hall–Kier alpha value is -1.05. The van der Waals surface area contributed by atoms with E-state index in [1.807, 2.05) is 24.0 Å². The van der Waals surface area contributed by atoms with Crippen molar-refractivity contribution in [3.05, 3.63) is 24.0 Å². The van der Waals surface area contributed by atoms with Gasteiger partial charge in [-0.05, 0) is 6.42 Å². The molecule has 1 aromatic rings. The minimum Gasteiger partial charge on any atom is -0.275 e. The summed E-state index contributed by atoms with van der Waals surface area (Å²) in [4.78, 5) is 0. The molecule has 0 aliphatic heterocycles. The standard InChI is InChI=1S/C8H12N2/c1-4-7-6-10(3)9-8(7)5-2/h4,6H,1,5H2,2-3H3. The highest BCUT2D eigenvalue weighted by Crippen LogP contribution is 2.07. The Labute approximate surface area is 61.2 Å². The van der Waals surface area contributed by atoms with Gasteiger partial charge >= 0.3 is 0 Å². The Balaban J connectivity index is 3.08. The van der Waals surface area contributed by atoms with Gasteiger partial charge in [0.25, 0.3) is 0 Å². The number of hydrogen-bond acceptors (Lipinski definition) is 1. The first kappa shape index (κ1) is 7.06. The van der Waals surface area contributed by atoms with Gasteiger partial charge < -0.3 is 0 Å². The van der Waals surface area contributed by atoms with E-state index in [4.69, 9.17) is 0 Å². The van der Waals surface area contributed by atoms with Crippen LogP contribution in [0.15, 0.2) is 12.8 Å². The highest BCUT2D eigenvalue weighted by atomic mass is 15.2. The summed E-state index contributed by atoms with van der Waals surface area (Å²) < 4.78 is 1.82. The summed E-state index contributed by atoms with van der Waals surface area (Å²) in [7, 11) is 1.92. The molecule has 0 aromatic carbocycles. The molecule has 0 amide bonds. The molecule has 2 nitrogen and oxygen atoms in total. The van der Waals surface area contributed by atoms with Gasteiger partial charge in [-0.25, -0.2) is 0 Å². The van der Waals surface area contributed by atoms with Crippen LogP contribution in [0.4, 0.5) is 0 Å². The first-order valence-corrected chi connectivity index (χ1v) is 3.43. The van der Waals surface area contributed by atoms with Crippen molar-refractivity contribution in [2.75, 3.05) is 0 Å². The molecule has 0 aliphatic rings. The van der Waals surface area contributed by atoms with Crippen LogP contribution in [-0.2, 0) is 13.5 Å². The molecular weight excluding hydrogens is 124 g/mol. The second-order valence-corrected chi connectivity index (χ2v) is 2.26. The molecule has 0 N–H and O–H groups in total. The molecule has 54 valence electrons. The van der Waals surface area contributed by atoms with Gasteiger partial charge in [0.1, 0.15) is 0 Å². The third-order valence-corrected chi connectivity index (χ3v) is 1.49. The van der Waals surface area contributed by atoms with Gasteiger partial charge in [-0.1, -0.05) is 19.6 Å². The maximum absolute atomic E-state index is 4.25. The minimum atomic E-state index is 0.974. The van der Waals surface area contributed by atoms with E-state index in [-0.39, 0.29) is 0 Å². The zero-order chi connectivity index (χ0) is 7.56. The maximum atomic E-state index is 4.25. The van der Waals surface area contributed by atoms with Crippen LogP contribution < -0.4 is 0 Å². The van der Waals surface area contributed by atoms with Crippen LogP contribution in [0.1, 0.15) is 18.2 Å². The van der Waals surface area contributed by atoms with E-state index in [0.717, 1.165) is 17.7 Å². The lowest BCUT2D eigenvalue weighted by Gasteiger charge is -1.87. The van der Waals surface area contributed by atoms with Gasteiger partial charge in [-0.15, -0.1) is 0 Å². The van der Waals surface area contributed by atoms with Crippen molar-refractivity contribution in [2.45, 2.75) is 13.3 Å². The topological polar surface area (TPSA) is 17.8 Å². The molecule has 1 aromatic heterocycles. The second-order valence-electron chi connectivity index (χ2n) is 2.26. The Kier molecular flexibility index (Phi) is 1.90. The number of aromatic nitrogens is 2. The molecule has 0 spiro atoms. The van der Waals surface area contributed by atoms with Crippen molar-refractivity contribution in [1.82, 2.24) is 9.78 Å². The number of aryl methyl sites for hydroxylation is 2. The highest BCUT2D eigenvalue weighted by molar-refractivity contribution is 5.48. The van der Waals surface area contributed by atoms with E-state index in [1.165, 1.54) is 0 Å². The Bertz CT molecular complexity index is 235. The van der Waals surface area contributed by atoms with Crippen LogP contribution in [0, 0.1) is 0 Å². The van der Waals surface area contributed by atoms with E-state index >= 15 is 0 Å². The average molecular weight is 136 g/mol. The van der Waals surface area contributed by atoms with Crippen LogP contribution in [-0.4, -0.2) is 9.78 Å². The van der Waals surface area contributed by atoms with E-state index in [9.17, 15) is 0 Å². The fourth-order valence-corrected chi connectivity index (χ4v) is 0.998. The lowest BCUT2D eigenvalue weighted by atomic mass is 10.2. The van der Waals surface area contributed by atoms with Crippen molar-refractivity contribution in [3.63, 3.8) is 0 Å². The molecular formula is C8H12N2. The molecule has 0 saturated carbocycles. The van der Waals surface area contributed by atoms with Crippen molar-refractivity contribution in [2.24, 2.45) is 7.05 Å². The Morgan fingerprint density at radius 2 is 2.50 bits per heavy atom. The SMILES string of the molecule is C=Cc1cn(C)nc1CC. The molecule has 2 heteroatoms. The smallest absolute Gasteiger partial charge is 0.0693 e. The Morgan fingerprint density at radius 3 is 2.90 bits per heavy atom. The van der Waals surface area contributed by atoms with Gasteiger partial charge in [-0.3, -0.25) is 4.68 Å². The van der Waals surface area contributed by atoms with Gasteiger partial charge in [-0.2, -0.15) is 5.10 Å². The number of rotatable bonds is 2. The highest BCUT2D eigenvalue weighted by Gasteiger charge is 1.99. The van der Waals surface area contributed by atoms with Gasteiger partial charge in [0.15, 0.2) is 0 Å². The normalized spacial score (nSPS) is 9.80. The van der Waals surface area contributed by atoms with Crippen LogP contribution in [0.3, 0.4) is 0 Å². The number of nitrogens with zero attached hydrogens (tertiary/aromatic N) is 2. The molecule has 1 rings (SSSR count). The Morgan fingerprint density at radius 1 is 1.80 bits per heavy atom. The summed E-state index contributed by atoms with van der Waals surface area (Å²) in [5.74, 6) is 0. The van der Waals surface area contributed by atoms with Crippen LogP contribution in [0.2, 0.25) is 0 Å². The predicted octanol–water partition coefficient (Wildman–Crippen LogP) is 1.63. The van der Waals surface area contributed by atoms with Gasteiger partial charge in [0.05, 0.1) is 5.69 Å². The average Bonchev–Trinajstić information content (AvgIpc) is 2.30. The molecule has 0 aliphatic carbocycles. The summed E-state index contributed by atoms with van der Waals surface area (Å²) in [6, 6.07) is 0. The molecule has 0 atom stereocenters. The molecule has 10 heavy (non-hydrogen) atoms. The first-order chi connectivity index (χ1) is 4.77. The van der Waals surface area contributed by atoms with Crippen LogP contribution in [0.25, 0.3) is 6.08 Å². The summed E-state index contributed by atoms with van der Waals surface area (Å²) >= 11 is 0. The van der Waals surface area contributed by atoms with E-state index in [0.29, 0.717) is 0 Å². The van der Waals surface area contributed by atoms with Crippen molar-refractivity contribution >= 4 is 6.08 Å². The fraction of sp³-hybridized carbons (Fsp3) is 0.375. The minimum absolute atomic E-state index is 0.974. The molecule has 0 unspecified atom stereocenters. The monoisotopic (exact) mass is 136 g/mol. The van der Waals surface area contributed by atoms with E-state index in [1.54, 1.807) is 0 Å².